The number of nitrogens with zero attached hydrogens (tertiary/aromatic N) is 4. The Bertz CT molecular complexity index is 1270. The largest absolute Gasteiger partial charge is 0.300 e. The van der Waals surface area contributed by atoms with Gasteiger partial charge in [0.15, 0.2) is 0 Å². The van der Waals surface area contributed by atoms with E-state index >= 15 is 0 Å². The molecule has 1 aliphatic carbocycles. The molecule has 0 unspecified atom stereocenters. The number of carbonyl (C=O) groups excluding carboxylic acids is 1. The number of Topliss-reactive ketones (excluding diaryl/α,β-unsaturated/α-hetero) is 1. The summed E-state index contributed by atoms with van der Waals surface area (Å²) in [5, 5.41) is 5.97. The fourth-order valence-electron chi connectivity index (χ4n) is 4.02. The number of ketones is 1. The molecule has 6 heteroatoms. The summed E-state index contributed by atoms with van der Waals surface area (Å²) in [7, 11) is 0. The van der Waals surface area contributed by atoms with E-state index in [1.165, 1.54) is 5.56 Å². The Kier molecular flexibility index (Phi) is 4.59. The first kappa shape index (κ1) is 18.9. The van der Waals surface area contributed by atoms with Crippen LogP contribution in [-0.2, 0) is 24.1 Å². The van der Waals surface area contributed by atoms with Crippen molar-refractivity contribution in [3.05, 3.63) is 70.1 Å². The van der Waals surface area contributed by atoms with Crippen molar-refractivity contribution in [3.63, 3.8) is 0 Å². The minimum absolute atomic E-state index is 0.139. The number of pyridine rings is 1. The summed E-state index contributed by atoms with van der Waals surface area (Å²) in [6.07, 6.45) is 4.03. The Hall–Kier alpha value is -3.12. The van der Waals surface area contributed by atoms with E-state index in [0.29, 0.717) is 6.42 Å². The highest BCUT2D eigenvalue weighted by Gasteiger charge is 2.30. The van der Waals surface area contributed by atoms with E-state index in [0.717, 1.165) is 62.3 Å². The predicted octanol–water partition coefficient (Wildman–Crippen LogP) is 4.90. The lowest BCUT2D eigenvalue weighted by atomic mass is 9.95. The van der Waals surface area contributed by atoms with Gasteiger partial charge in [0, 0.05) is 23.0 Å². The van der Waals surface area contributed by atoms with Gasteiger partial charge in [-0.25, -0.2) is 9.67 Å². The zero-order valence-corrected chi connectivity index (χ0v) is 18.1. The van der Waals surface area contributed by atoms with Gasteiger partial charge in [-0.3, -0.25) is 9.78 Å². The third-order valence-electron chi connectivity index (χ3n) is 5.48. The molecule has 5 rings (SSSR count). The van der Waals surface area contributed by atoms with Crippen LogP contribution in [0.25, 0.3) is 27.5 Å². The van der Waals surface area contributed by atoms with E-state index in [4.69, 9.17) is 10.1 Å². The molecule has 3 heterocycles. The quantitative estimate of drug-likeness (QED) is 0.476. The lowest BCUT2D eigenvalue weighted by molar-refractivity contribution is -0.116. The molecule has 5 nitrogen and oxygen atoms in total. The Morgan fingerprint density at radius 3 is 2.70 bits per heavy atom. The number of para-hydroxylation sites is 1. The molecular weight excluding hydrogens is 392 g/mol. The van der Waals surface area contributed by atoms with Crippen molar-refractivity contribution in [1.82, 2.24) is 19.7 Å². The van der Waals surface area contributed by atoms with Gasteiger partial charge in [-0.15, -0.1) is 11.3 Å². The van der Waals surface area contributed by atoms with Gasteiger partial charge in [0.2, 0.25) is 0 Å². The van der Waals surface area contributed by atoms with Crippen molar-refractivity contribution in [2.24, 2.45) is 0 Å². The van der Waals surface area contributed by atoms with Crippen molar-refractivity contribution in [2.45, 2.75) is 40.0 Å². The number of thiazole rings is 1. The highest BCUT2D eigenvalue weighted by atomic mass is 32.1. The van der Waals surface area contributed by atoms with Crippen molar-refractivity contribution < 1.29 is 4.79 Å². The van der Waals surface area contributed by atoms with Gasteiger partial charge in [0.1, 0.15) is 10.8 Å². The van der Waals surface area contributed by atoms with Crippen LogP contribution in [0.5, 0.6) is 0 Å². The lowest BCUT2D eigenvalue weighted by Crippen LogP contribution is -2.07. The van der Waals surface area contributed by atoms with Crippen molar-refractivity contribution in [1.29, 1.82) is 0 Å². The van der Waals surface area contributed by atoms with Crippen LogP contribution in [-0.4, -0.2) is 25.5 Å². The molecule has 0 aliphatic heterocycles. The summed E-state index contributed by atoms with van der Waals surface area (Å²) in [5.41, 5.74) is 8.64. The minimum Gasteiger partial charge on any atom is -0.300 e. The molecule has 30 heavy (non-hydrogen) atoms. The standard InChI is InChI=1S/C24H22N4OS/c1-14-6-4-5-7-20(14)28-23-18(22(27-28)17-9-8-15(2)25-13-17)10-11-19-24(23)30-21(26-19)12-16(3)29/h4-9,13H,10-12H2,1-3H3. The van der Waals surface area contributed by atoms with Gasteiger partial charge >= 0.3 is 0 Å². The average Bonchev–Trinajstić information content (AvgIpc) is 3.29. The number of aryl methyl sites for hydroxylation is 3. The van der Waals surface area contributed by atoms with Crippen LogP contribution >= 0.6 is 11.3 Å². The van der Waals surface area contributed by atoms with Gasteiger partial charge in [0.05, 0.1) is 34.1 Å². The van der Waals surface area contributed by atoms with Crippen LogP contribution in [0.2, 0.25) is 0 Å². The number of hydrogen-bond acceptors (Lipinski definition) is 5. The van der Waals surface area contributed by atoms with Crippen LogP contribution in [0.3, 0.4) is 0 Å². The van der Waals surface area contributed by atoms with E-state index in [9.17, 15) is 4.79 Å². The van der Waals surface area contributed by atoms with Crippen molar-refractivity contribution >= 4 is 17.1 Å². The summed E-state index contributed by atoms with van der Waals surface area (Å²) in [6, 6.07) is 12.4. The van der Waals surface area contributed by atoms with E-state index in [1.807, 2.05) is 31.3 Å². The SMILES string of the molecule is CC(=O)Cc1nc2c(s1)-c1c(c(-c3ccc(C)nc3)nn1-c1ccccc1C)CC2. The summed E-state index contributed by atoms with van der Waals surface area (Å²) in [5.74, 6) is 0.139. The molecule has 0 saturated heterocycles. The second kappa shape index (κ2) is 7.29. The van der Waals surface area contributed by atoms with Crippen LogP contribution in [0.4, 0.5) is 0 Å². The lowest BCUT2D eigenvalue weighted by Gasteiger charge is -2.15. The fourth-order valence-corrected chi connectivity index (χ4v) is 5.26. The minimum atomic E-state index is 0.139. The van der Waals surface area contributed by atoms with Crippen LogP contribution < -0.4 is 0 Å². The summed E-state index contributed by atoms with van der Waals surface area (Å²) >= 11 is 1.62. The monoisotopic (exact) mass is 414 g/mol. The molecule has 0 spiro atoms. The first-order valence-corrected chi connectivity index (χ1v) is 10.9. The second-order valence-corrected chi connectivity index (χ2v) is 8.91. The van der Waals surface area contributed by atoms with Gasteiger partial charge in [-0.05, 0) is 57.4 Å². The number of aromatic nitrogens is 4. The van der Waals surface area contributed by atoms with Crippen molar-refractivity contribution in [3.8, 4) is 27.5 Å². The maximum absolute atomic E-state index is 11.7. The zero-order valence-electron chi connectivity index (χ0n) is 17.3. The average molecular weight is 415 g/mol. The number of carbonyl (C=O) groups is 1. The number of hydrogen-bond donors (Lipinski definition) is 0. The van der Waals surface area contributed by atoms with E-state index in [-0.39, 0.29) is 5.78 Å². The molecule has 0 fully saturated rings. The molecule has 0 bridgehead atoms. The molecule has 4 aromatic rings. The Morgan fingerprint density at radius 2 is 1.97 bits per heavy atom. The van der Waals surface area contributed by atoms with Crippen molar-refractivity contribution in [2.75, 3.05) is 0 Å². The topological polar surface area (TPSA) is 60.7 Å². The second-order valence-electron chi connectivity index (χ2n) is 7.82. The fraction of sp³-hybridized carbons (Fsp3) is 0.250. The highest BCUT2D eigenvalue weighted by molar-refractivity contribution is 7.15. The summed E-state index contributed by atoms with van der Waals surface area (Å²) < 4.78 is 2.06. The van der Waals surface area contributed by atoms with E-state index < -0.39 is 0 Å². The van der Waals surface area contributed by atoms with Crippen LogP contribution in [0.1, 0.15) is 34.4 Å². The van der Waals surface area contributed by atoms with Crippen LogP contribution in [0, 0.1) is 13.8 Å². The molecule has 0 amide bonds. The third kappa shape index (κ3) is 3.17. The first-order valence-electron chi connectivity index (χ1n) is 10.1. The van der Waals surface area contributed by atoms with E-state index in [1.54, 1.807) is 18.3 Å². The van der Waals surface area contributed by atoms with Gasteiger partial charge in [-0.1, -0.05) is 18.2 Å². The van der Waals surface area contributed by atoms with Gasteiger partial charge < -0.3 is 0 Å². The molecule has 1 aromatic carbocycles. The first-order chi connectivity index (χ1) is 14.5. The predicted molar refractivity (Wildman–Crippen MR) is 119 cm³/mol. The summed E-state index contributed by atoms with van der Waals surface area (Å²) in [4.78, 5) is 22.1. The van der Waals surface area contributed by atoms with E-state index in [2.05, 4.69) is 34.8 Å². The smallest absolute Gasteiger partial charge is 0.136 e. The molecule has 3 aromatic heterocycles. The molecule has 0 N–H and O–H groups in total. The normalized spacial score (nSPS) is 12.5. The Morgan fingerprint density at radius 1 is 1.13 bits per heavy atom. The molecule has 150 valence electrons. The molecule has 0 saturated carbocycles. The number of rotatable bonds is 4. The highest BCUT2D eigenvalue weighted by Crippen LogP contribution is 2.43. The molecule has 0 radical (unpaired) electrons. The summed E-state index contributed by atoms with van der Waals surface area (Å²) in [6.45, 7) is 5.71. The molecule has 1 aliphatic rings. The zero-order chi connectivity index (χ0) is 20.8. The molecule has 0 atom stereocenters. The maximum Gasteiger partial charge on any atom is 0.136 e. The Balaban J connectivity index is 1.76. The number of fused-ring (bicyclic) bond motifs is 3. The van der Waals surface area contributed by atoms with Gasteiger partial charge in [0.25, 0.3) is 0 Å². The number of benzene rings is 1. The molecular formula is C24H22N4OS. The van der Waals surface area contributed by atoms with Gasteiger partial charge in [-0.2, -0.15) is 5.10 Å². The maximum atomic E-state index is 11.7. The van der Waals surface area contributed by atoms with Crippen LogP contribution in [0.15, 0.2) is 42.6 Å². The Labute approximate surface area is 179 Å². The third-order valence-corrected chi connectivity index (χ3v) is 6.58.